The minimum atomic E-state index is -0.387. The third-order valence-corrected chi connectivity index (χ3v) is 7.21. The second kappa shape index (κ2) is 12.5. The van der Waals surface area contributed by atoms with Gasteiger partial charge in [0.15, 0.2) is 0 Å². The van der Waals surface area contributed by atoms with Crippen LogP contribution in [0.3, 0.4) is 0 Å². The number of likely N-dealkylation sites (tertiary alicyclic amines) is 1. The number of aliphatic imine (C=N–C) groups is 1. The highest BCUT2D eigenvalue weighted by atomic mass is 19.1. The van der Waals surface area contributed by atoms with Gasteiger partial charge in [0, 0.05) is 55.6 Å². The molecular formula is C32H32FN7. The molecule has 4 aromatic rings. The van der Waals surface area contributed by atoms with Crippen molar-refractivity contribution in [2.24, 2.45) is 12.0 Å². The first-order valence-electron chi connectivity index (χ1n) is 13.5. The van der Waals surface area contributed by atoms with Crippen molar-refractivity contribution in [2.45, 2.75) is 32.4 Å². The Morgan fingerprint density at radius 3 is 2.50 bits per heavy atom. The molecule has 2 aromatic carbocycles. The molecule has 1 aliphatic rings. The fourth-order valence-corrected chi connectivity index (χ4v) is 5.18. The van der Waals surface area contributed by atoms with E-state index in [-0.39, 0.29) is 5.82 Å². The second-order valence-corrected chi connectivity index (χ2v) is 9.90. The normalized spacial score (nSPS) is 14.9. The number of pyridine rings is 1. The lowest BCUT2D eigenvalue weighted by molar-refractivity contribution is 0.195. The smallest absolute Gasteiger partial charge is 0.142 e. The van der Waals surface area contributed by atoms with Gasteiger partial charge in [-0.1, -0.05) is 54.6 Å². The predicted octanol–water partition coefficient (Wildman–Crippen LogP) is 5.96. The molecule has 0 radical (unpaired) electrons. The minimum absolute atomic E-state index is 0.351. The second-order valence-electron chi connectivity index (χ2n) is 9.90. The Morgan fingerprint density at radius 1 is 1.07 bits per heavy atom. The van der Waals surface area contributed by atoms with E-state index >= 15 is 0 Å². The number of hydrogen-bond donors (Lipinski definition) is 1. The number of rotatable bonds is 8. The van der Waals surface area contributed by atoms with Crippen LogP contribution in [-0.4, -0.2) is 44.8 Å². The largest absolute Gasteiger partial charge is 0.367 e. The minimum Gasteiger partial charge on any atom is -0.367 e. The van der Waals surface area contributed by atoms with E-state index in [1.807, 2.05) is 48.9 Å². The lowest BCUT2D eigenvalue weighted by atomic mass is 10.0. The number of aromatic nitrogens is 3. The van der Waals surface area contributed by atoms with Gasteiger partial charge in [-0.25, -0.2) is 14.4 Å². The van der Waals surface area contributed by atoms with Gasteiger partial charge in [-0.2, -0.15) is 5.26 Å². The summed E-state index contributed by atoms with van der Waals surface area (Å²) in [6.45, 7) is 4.77. The number of nitriles is 1. The van der Waals surface area contributed by atoms with Gasteiger partial charge in [-0.05, 0) is 37.5 Å². The fraction of sp³-hybridized carbons (Fsp3) is 0.250. The maximum Gasteiger partial charge on any atom is 0.142 e. The number of imidazole rings is 1. The van der Waals surface area contributed by atoms with Crippen LogP contribution in [0.4, 0.5) is 4.39 Å². The topological polar surface area (TPSA) is 82.1 Å². The third-order valence-electron chi connectivity index (χ3n) is 7.21. The van der Waals surface area contributed by atoms with Crippen molar-refractivity contribution < 1.29 is 4.39 Å². The van der Waals surface area contributed by atoms with Crippen LogP contribution in [-0.2, 0) is 13.6 Å². The molecule has 0 atom stereocenters. The zero-order valence-corrected chi connectivity index (χ0v) is 22.8. The lowest BCUT2D eigenvalue weighted by Gasteiger charge is -2.32. The Hall–Kier alpha value is -4.61. The van der Waals surface area contributed by atoms with Crippen molar-refractivity contribution in [3.8, 4) is 40.0 Å². The Morgan fingerprint density at radius 2 is 1.82 bits per heavy atom. The van der Waals surface area contributed by atoms with Crippen LogP contribution < -0.4 is 5.32 Å². The van der Waals surface area contributed by atoms with Crippen molar-refractivity contribution in [1.82, 2.24) is 24.8 Å². The van der Waals surface area contributed by atoms with Gasteiger partial charge in [0.1, 0.15) is 29.7 Å². The number of halogens is 1. The molecule has 3 heterocycles. The van der Waals surface area contributed by atoms with Crippen molar-refractivity contribution in [3.63, 3.8) is 0 Å². The van der Waals surface area contributed by atoms with E-state index in [1.165, 1.54) is 24.0 Å². The summed E-state index contributed by atoms with van der Waals surface area (Å²) in [6.07, 6.45) is 8.03. The molecule has 0 spiro atoms. The van der Waals surface area contributed by atoms with Gasteiger partial charge >= 0.3 is 0 Å². The molecule has 202 valence electrons. The molecule has 1 aliphatic heterocycles. The number of piperidine rings is 1. The Balaban J connectivity index is 1.32. The van der Waals surface area contributed by atoms with Crippen LogP contribution >= 0.6 is 0 Å². The van der Waals surface area contributed by atoms with Crippen molar-refractivity contribution in [3.05, 3.63) is 96.3 Å². The zero-order chi connectivity index (χ0) is 27.9. The quantitative estimate of drug-likeness (QED) is 0.283. The molecule has 7 nitrogen and oxygen atoms in total. The van der Waals surface area contributed by atoms with Crippen molar-refractivity contribution >= 4 is 6.21 Å². The Kier molecular flexibility index (Phi) is 8.43. The fourth-order valence-electron chi connectivity index (χ4n) is 5.18. The molecule has 1 saturated heterocycles. The summed E-state index contributed by atoms with van der Waals surface area (Å²) in [4.78, 5) is 15.6. The van der Waals surface area contributed by atoms with E-state index in [2.05, 4.69) is 56.6 Å². The predicted molar refractivity (Wildman–Crippen MR) is 157 cm³/mol. The van der Waals surface area contributed by atoms with E-state index < -0.39 is 0 Å². The van der Waals surface area contributed by atoms with Crippen LogP contribution in [0.25, 0.3) is 33.9 Å². The number of benzene rings is 2. The summed E-state index contributed by atoms with van der Waals surface area (Å²) in [7, 11) is 1.96. The van der Waals surface area contributed by atoms with E-state index in [0.717, 1.165) is 60.8 Å². The van der Waals surface area contributed by atoms with Crippen LogP contribution in [0.2, 0.25) is 0 Å². The molecular weight excluding hydrogens is 501 g/mol. The van der Waals surface area contributed by atoms with E-state index in [1.54, 1.807) is 6.20 Å². The molecule has 8 heteroatoms. The molecule has 0 saturated carbocycles. The summed E-state index contributed by atoms with van der Waals surface area (Å²) < 4.78 is 16.0. The number of allylic oxidation sites excluding steroid dienone is 1. The molecule has 0 bridgehead atoms. The highest BCUT2D eigenvalue weighted by molar-refractivity contribution is 5.82. The van der Waals surface area contributed by atoms with Crippen molar-refractivity contribution in [2.75, 3.05) is 13.1 Å². The first kappa shape index (κ1) is 27.0. The van der Waals surface area contributed by atoms with Crippen LogP contribution in [0.5, 0.6) is 0 Å². The number of nitrogens with one attached hydrogen (secondary N) is 1. The summed E-state index contributed by atoms with van der Waals surface area (Å²) in [5, 5.41) is 12.2. The van der Waals surface area contributed by atoms with Crippen LogP contribution in [0.15, 0.2) is 89.9 Å². The van der Waals surface area contributed by atoms with E-state index in [9.17, 15) is 4.39 Å². The molecule has 2 aromatic heterocycles. The van der Waals surface area contributed by atoms with Gasteiger partial charge in [-0.15, -0.1) is 0 Å². The monoisotopic (exact) mass is 533 g/mol. The van der Waals surface area contributed by atoms with Gasteiger partial charge in [-0.3, -0.25) is 9.88 Å². The SMILES string of the molecule is C/C=C(\N=CC#N)NC1CCN(Cc2ccc(-c3nc(-c4cncc(F)c4)n(C)c3-c3ccccc3)cc2)CC1. The third kappa shape index (κ3) is 6.16. The average molecular weight is 534 g/mol. The van der Waals surface area contributed by atoms with E-state index in [0.29, 0.717) is 17.4 Å². The zero-order valence-electron chi connectivity index (χ0n) is 22.8. The average Bonchev–Trinajstić information content (AvgIpc) is 3.34. The Labute approximate surface area is 234 Å². The molecule has 0 amide bonds. The lowest BCUT2D eigenvalue weighted by Crippen LogP contribution is -2.41. The number of nitrogens with zero attached hydrogens (tertiary/aromatic N) is 6. The van der Waals surface area contributed by atoms with Crippen LogP contribution in [0, 0.1) is 17.1 Å². The Bertz CT molecular complexity index is 1540. The summed E-state index contributed by atoms with van der Waals surface area (Å²) in [5.41, 5.74) is 5.76. The van der Waals surface area contributed by atoms with Gasteiger partial charge < -0.3 is 9.88 Å². The first-order chi connectivity index (χ1) is 19.6. The molecule has 0 aliphatic carbocycles. The molecule has 1 fully saturated rings. The first-order valence-corrected chi connectivity index (χ1v) is 13.5. The van der Waals surface area contributed by atoms with Crippen LogP contribution in [0.1, 0.15) is 25.3 Å². The standard InChI is InChI=1S/C32H32FN7/c1-3-29(36-16-15-34)37-28-13-17-40(18-14-28)22-23-9-11-24(12-10-23)30-31(25-7-5-4-6-8-25)39(2)32(38-30)26-19-27(33)21-35-20-26/h3-12,16,19-21,28,37H,13-14,17-18,22H2,1-2H3/b29-3+,36-16?. The molecule has 40 heavy (non-hydrogen) atoms. The number of hydrogen-bond acceptors (Lipinski definition) is 6. The highest BCUT2D eigenvalue weighted by Crippen LogP contribution is 2.35. The summed E-state index contributed by atoms with van der Waals surface area (Å²) in [6, 6.07) is 22.5. The molecule has 5 rings (SSSR count). The van der Waals surface area contributed by atoms with Gasteiger partial charge in [0.2, 0.25) is 0 Å². The van der Waals surface area contributed by atoms with Gasteiger partial charge in [0.05, 0.1) is 17.6 Å². The maximum absolute atomic E-state index is 14.0. The maximum atomic E-state index is 14.0. The van der Waals surface area contributed by atoms with Crippen molar-refractivity contribution in [1.29, 1.82) is 5.26 Å². The summed E-state index contributed by atoms with van der Waals surface area (Å²) in [5.74, 6) is 1.03. The van der Waals surface area contributed by atoms with E-state index in [4.69, 9.17) is 10.2 Å². The summed E-state index contributed by atoms with van der Waals surface area (Å²) >= 11 is 0. The van der Waals surface area contributed by atoms with Gasteiger partial charge in [0.25, 0.3) is 0 Å². The highest BCUT2D eigenvalue weighted by Gasteiger charge is 2.21. The molecule has 0 unspecified atom stereocenters. The molecule has 1 N–H and O–H groups in total.